The van der Waals surface area contributed by atoms with Crippen LogP contribution in [0.25, 0.3) is 6.08 Å². The minimum absolute atomic E-state index is 0.0166. The predicted molar refractivity (Wildman–Crippen MR) is 112 cm³/mol. The number of ether oxygens (including phenoxy) is 1. The van der Waals surface area contributed by atoms with Crippen LogP contribution in [0.2, 0.25) is 0 Å². The van der Waals surface area contributed by atoms with Gasteiger partial charge in [0, 0.05) is 6.08 Å². The van der Waals surface area contributed by atoms with Crippen molar-refractivity contribution in [1.29, 1.82) is 0 Å². The van der Waals surface area contributed by atoms with E-state index in [2.05, 4.69) is 6.58 Å². The summed E-state index contributed by atoms with van der Waals surface area (Å²) in [5, 5.41) is 8.65. The van der Waals surface area contributed by atoms with Crippen molar-refractivity contribution in [3.05, 3.63) is 54.1 Å². The average Bonchev–Trinajstić information content (AvgIpc) is 2.70. The minimum Gasteiger partial charge on any atom is -0.478 e. The lowest BCUT2D eigenvalue weighted by atomic mass is 9.84. The molecule has 0 saturated heterocycles. The molecule has 0 atom stereocenters. The van der Waals surface area contributed by atoms with Gasteiger partial charge in [-0.15, -0.1) is 6.58 Å². The van der Waals surface area contributed by atoms with Crippen LogP contribution in [-0.2, 0) is 9.53 Å². The SMILES string of the molecule is C=CCCCCCCC1CCC(OC(=O)c2ccc(C=CC(=O)O)cc2)CC1. The summed E-state index contributed by atoms with van der Waals surface area (Å²) in [4.78, 5) is 22.9. The van der Waals surface area contributed by atoms with Gasteiger partial charge in [0.15, 0.2) is 0 Å². The van der Waals surface area contributed by atoms with E-state index >= 15 is 0 Å². The fraction of sp³-hybridized carbons (Fsp3) is 0.500. The summed E-state index contributed by atoms with van der Waals surface area (Å²) in [7, 11) is 0. The van der Waals surface area contributed by atoms with E-state index < -0.39 is 5.97 Å². The number of carbonyl (C=O) groups excluding carboxylic acids is 1. The highest BCUT2D eigenvalue weighted by molar-refractivity contribution is 5.90. The first kappa shape index (κ1) is 21.9. The van der Waals surface area contributed by atoms with Crippen LogP contribution in [0.15, 0.2) is 43.0 Å². The molecule has 1 aromatic rings. The van der Waals surface area contributed by atoms with Crippen LogP contribution in [0.5, 0.6) is 0 Å². The Bertz CT molecular complexity index is 652. The molecular weight excluding hydrogens is 352 g/mol. The molecule has 0 heterocycles. The van der Waals surface area contributed by atoms with Gasteiger partial charge in [0.25, 0.3) is 0 Å². The lowest BCUT2D eigenvalue weighted by Gasteiger charge is -2.28. The van der Waals surface area contributed by atoms with E-state index in [1.54, 1.807) is 24.3 Å². The molecule has 4 nitrogen and oxygen atoms in total. The first-order chi connectivity index (χ1) is 13.6. The van der Waals surface area contributed by atoms with Gasteiger partial charge in [0.05, 0.1) is 5.56 Å². The zero-order valence-electron chi connectivity index (χ0n) is 16.6. The molecule has 1 aliphatic carbocycles. The largest absolute Gasteiger partial charge is 0.478 e. The second kappa shape index (κ2) is 12.2. The fourth-order valence-corrected chi connectivity index (χ4v) is 3.73. The molecule has 0 radical (unpaired) electrons. The summed E-state index contributed by atoms with van der Waals surface area (Å²) in [6.07, 6.45) is 16.3. The molecule has 2 rings (SSSR count). The van der Waals surface area contributed by atoms with Crippen LogP contribution < -0.4 is 0 Å². The van der Waals surface area contributed by atoms with Gasteiger partial charge >= 0.3 is 11.9 Å². The Morgan fingerprint density at radius 1 is 1.04 bits per heavy atom. The molecule has 4 heteroatoms. The molecule has 152 valence electrons. The zero-order valence-corrected chi connectivity index (χ0v) is 16.6. The van der Waals surface area contributed by atoms with Gasteiger partial charge in [0.1, 0.15) is 6.10 Å². The van der Waals surface area contributed by atoms with Crippen molar-refractivity contribution in [2.24, 2.45) is 5.92 Å². The van der Waals surface area contributed by atoms with Crippen LogP contribution in [0, 0.1) is 5.92 Å². The Morgan fingerprint density at radius 2 is 1.71 bits per heavy atom. The van der Waals surface area contributed by atoms with Crippen molar-refractivity contribution in [2.75, 3.05) is 0 Å². The number of carboxylic acid groups (broad SMARTS) is 1. The van der Waals surface area contributed by atoms with Crippen LogP contribution in [0.1, 0.15) is 80.1 Å². The third-order valence-electron chi connectivity index (χ3n) is 5.40. The van der Waals surface area contributed by atoms with Crippen molar-refractivity contribution >= 4 is 18.0 Å². The molecule has 0 aromatic heterocycles. The third-order valence-corrected chi connectivity index (χ3v) is 5.40. The third kappa shape index (κ3) is 8.12. The molecule has 0 aliphatic heterocycles. The number of hydrogen-bond donors (Lipinski definition) is 1. The molecule has 1 aliphatic rings. The van der Waals surface area contributed by atoms with E-state index in [1.807, 2.05) is 6.08 Å². The molecule has 1 saturated carbocycles. The molecule has 0 unspecified atom stereocenters. The van der Waals surface area contributed by atoms with Crippen molar-refractivity contribution in [1.82, 2.24) is 0 Å². The monoisotopic (exact) mass is 384 g/mol. The number of hydrogen-bond acceptors (Lipinski definition) is 3. The molecule has 28 heavy (non-hydrogen) atoms. The highest BCUT2D eigenvalue weighted by Gasteiger charge is 2.24. The highest BCUT2D eigenvalue weighted by Crippen LogP contribution is 2.30. The summed E-state index contributed by atoms with van der Waals surface area (Å²) in [5.74, 6) is -0.513. The van der Waals surface area contributed by atoms with Crippen molar-refractivity contribution in [3.8, 4) is 0 Å². The predicted octanol–water partition coefficient (Wildman–Crippen LogP) is 6.03. The summed E-state index contributed by atoms with van der Waals surface area (Å²) in [6, 6.07) is 6.81. The van der Waals surface area contributed by atoms with E-state index in [-0.39, 0.29) is 12.1 Å². The number of carboxylic acids is 1. The van der Waals surface area contributed by atoms with Crippen LogP contribution >= 0.6 is 0 Å². The van der Waals surface area contributed by atoms with E-state index in [0.29, 0.717) is 5.56 Å². The smallest absolute Gasteiger partial charge is 0.338 e. The minimum atomic E-state index is -0.994. The Hall–Kier alpha value is -2.36. The van der Waals surface area contributed by atoms with Gasteiger partial charge in [0.2, 0.25) is 0 Å². The number of aliphatic carboxylic acids is 1. The second-order valence-corrected chi connectivity index (χ2v) is 7.62. The van der Waals surface area contributed by atoms with Gasteiger partial charge in [-0.1, -0.05) is 43.9 Å². The van der Waals surface area contributed by atoms with Crippen molar-refractivity contribution in [2.45, 2.75) is 70.3 Å². The maximum atomic E-state index is 12.3. The lowest BCUT2D eigenvalue weighted by Crippen LogP contribution is -2.24. The van der Waals surface area contributed by atoms with E-state index in [9.17, 15) is 9.59 Å². The maximum absolute atomic E-state index is 12.3. The number of benzene rings is 1. The normalized spacial score (nSPS) is 19.4. The molecule has 1 N–H and O–H groups in total. The van der Waals surface area contributed by atoms with Gasteiger partial charge in [-0.3, -0.25) is 0 Å². The molecular formula is C24H32O4. The summed E-state index contributed by atoms with van der Waals surface area (Å²) >= 11 is 0. The Balaban J connectivity index is 1.67. The first-order valence-electron chi connectivity index (χ1n) is 10.4. The van der Waals surface area contributed by atoms with Gasteiger partial charge in [-0.25, -0.2) is 9.59 Å². The van der Waals surface area contributed by atoms with E-state index in [1.165, 1.54) is 38.2 Å². The number of allylic oxidation sites excluding steroid dienone is 1. The van der Waals surface area contributed by atoms with E-state index in [0.717, 1.165) is 49.7 Å². The van der Waals surface area contributed by atoms with E-state index in [4.69, 9.17) is 9.84 Å². The van der Waals surface area contributed by atoms with Crippen molar-refractivity contribution < 1.29 is 19.4 Å². The summed E-state index contributed by atoms with van der Waals surface area (Å²) in [5.41, 5.74) is 1.25. The second-order valence-electron chi connectivity index (χ2n) is 7.62. The van der Waals surface area contributed by atoms with Gasteiger partial charge in [-0.05, 0) is 68.2 Å². The quantitative estimate of drug-likeness (QED) is 0.219. The van der Waals surface area contributed by atoms with Crippen LogP contribution in [-0.4, -0.2) is 23.1 Å². The van der Waals surface area contributed by atoms with Gasteiger partial charge < -0.3 is 9.84 Å². The van der Waals surface area contributed by atoms with Gasteiger partial charge in [-0.2, -0.15) is 0 Å². The number of unbranched alkanes of at least 4 members (excludes halogenated alkanes) is 4. The zero-order chi connectivity index (χ0) is 20.2. The van der Waals surface area contributed by atoms with Crippen molar-refractivity contribution in [3.63, 3.8) is 0 Å². The standard InChI is InChI=1S/C24H32O4/c1-2-3-4-5-6-7-8-19-11-16-22(17-12-19)28-24(27)21-14-9-20(10-15-21)13-18-23(25)26/h2,9-10,13-15,18-19,22H,1,3-8,11-12,16-17H2,(H,25,26). The molecule has 0 bridgehead atoms. The molecule has 1 fully saturated rings. The Morgan fingerprint density at radius 3 is 2.36 bits per heavy atom. The number of rotatable bonds is 11. The summed E-state index contributed by atoms with van der Waals surface area (Å²) in [6.45, 7) is 3.76. The summed E-state index contributed by atoms with van der Waals surface area (Å²) < 4.78 is 5.67. The fourth-order valence-electron chi connectivity index (χ4n) is 3.73. The van der Waals surface area contributed by atoms with Crippen LogP contribution in [0.3, 0.4) is 0 Å². The van der Waals surface area contributed by atoms with Crippen LogP contribution in [0.4, 0.5) is 0 Å². The highest BCUT2D eigenvalue weighted by atomic mass is 16.5. The first-order valence-corrected chi connectivity index (χ1v) is 10.4. The molecule has 0 amide bonds. The maximum Gasteiger partial charge on any atom is 0.338 e. The Labute approximate surface area is 168 Å². The molecule has 0 spiro atoms. The topological polar surface area (TPSA) is 63.6 Å². The lowest BCUT2D eigenvalue weighted by molar-refractivity contribution is -0.131. The molecule has 1 aromatic carbocycles. The Kier molecular flexibility index (Phi) is 9.53. The number of carbonyl (C=O) groups is 2. The number of esters is 1. The average molecular weight is 385 g/mol.